The molecule has 4 N–H and O–H groups in total. The van der Waals surface area contributed by atoms with Crippen LogP contribution in [0.3, 0.4) is 0 Å². The van der Waals surface area contributed by atoms with Crippen LogP contribution in [-0.4, -0.2) is 73.1 Å². The Morgan fingerprint density at radius 2 is 1.67 bits per heavy atom. The second-order valence-corrected chi connectivity index (χ2v) is 2.76. The van der Waals surface area contributed by atoms with Gasteiger partial charge in [-0.3, -0.25) is 9.59 Å². The number of rotatable bonds is 3. The molecule has 0 saturated carbocycles. The molecule has 0 saturated heterocycles. The van der Waals surface area contributed by atoms with Crippen molar-refractivity contribution in [3.63, 3.8) is 0 Å². The normalized spacial score (nSPS) is 9.17. The SMILES string of the molecule is CC(C)(CC(=O)O)C(=O)O.O.[H-].[H-].[Sr+2]. The molecule has 6 heteroatoms. The van der Waals surface area contributed by atoms with Crippen LogP contribution in [0.1, 0.15) is 23.1 Å². The van der Waals surface area contributed by atoms with Crippen LogP contribution < -0.4 is 0 Å². The zero-order chi connectivity index (χ0) is 8.36. The number of aliphatic carboxylic acids is 2. The minimum absolute atomic E-state index is 0. The monoisotopic (exact) mass is 254 g/mol. The summed E-state index contributed by atoms with van der Waals surface area (Å²) < 4.78 is 0. The number of hydrogen-bond donors (Lipinski definition) is 2. The smallest absolute Gasteiger partial charge is 1.00 e. The van der Waals surface area contributed by atoms with Gasteiger partial charge in [0.2, 0.25) is 0 Å². The molecule has 0 aromatic heterocycles. The first-order valence-electron chi connectivity index (χ1n) is 2.81. The van der Waals surface area contributed by atoms with Crippen molar-refractivity contribution in [3.8, 4) is 0 Å². The van der Waals surface area contributed by atoms with E-state index in [9.17, 15) is 9.59 Å². The molecule has 0 aliphatic rings. The van der Waals surface area contributed by atoms with E-state index in [2.05, 4.69) is 0 Å². The summed E-state index contributed by atoms with van der Waals surface area (Å²) in [4.78, 5) is 20.3. The summed E-state index contributed by atoms with van der Waals surface area (Å²) in [6, 6.07) is 0. The van der Waals surface area contributed by atoms with E-state index < -0.39 is 17.4 Å². The van der Waals surface area contributed by atoms with Crippen LogP contribution in [0.4, 0.5) is 0 Å². The maximum absolute atomic E-state index is 10.3. The average molecular weight is 254 g/mol. The van der Waals surface area contributed by atoms with E-state index in [0.29, 0.717) is 0 Å². The third-order valence-electron chi connectivity index (χ3n) is 1.17. The quantitative estimate of drug-likeness (QED) is 0.667. The Morgan fingerprint density at radius 1 is 1.33 bits per heavy atom. The van der Waals surface area contributed by atoms with Crippen LogP contribution >= 0.6 is 0 Å². The Hall–Kier alpha value is 0.381. The number of hydrogen-bond acceptors (Lipinski definition) is 2. The average Bonchev–Trinajstić information content (AvgIpc) is 1.60. The van der Waals surface area contributed by atoms with Crippen LogP contribution in [-0.2, 0) is 9.59 Å². The molecule has 0 radical (unpaired) electrons. The molecule has 0 rings (SSSR count). The minimum Gasteiger partial charge on any atom is -1.00 e. The first kappa shape index (κ1) is 18.2. The van der Waals surface area contributed by atoms with Gasteiger partial charge in [0.05, 0.1) is 11.8 Å². The molecule has 70 valence electrons. The van der Waals surface area contributed by atoms with Crippen LogP contribution in [0.2, 0.25) is 0 Å². The third-order valence-corrected chi connectivity index (χ3v) is 1.17. The third kappa shape index (κ3) is 7.05. The maximum atomic E-state index is 10.3. The minimum atomic E-state index is -1.16. The van der Waals surface area contributed by atoms with E-state index in [4.69, 9.17) is 10.2 Å². The van der Waals surface area contributed by atoms with Gasteiger partial charge < -0.3 is 18.5 Å². The molecule has 0 unspecified atom stereocenters. The van der Waals surface area contributed by atoms with Gasteiger partial charge in [-0.2, -0.15) is 0 Å². The molecular formula is C6H14O5Sr. The van der Waals surface area contributed by atoms with Crippen molar-refractivity contribution >= 4 is 57.4 Å². The van der Waals surface area contributed by atoms with E-state index in [1.807, 2.05) is 0 Å². The van der Waals surface area contributed by atoms with E-state index in [1.54, 1.807) is 0 Å². The van der Waals surface area contributed by atoms with E-state index >= 15 is 0 Å². The molecule has 0 aromatic carbocycles. The fourth-order valence-electron chi connectivity index (χ4n) is 0.454. The fraction of sp³-hybridized carbons (Fsp3) is 0.667. The van der Waals surface area contributed by atoms with Gasteiger partial charge in [-0.1, -0.05) is 0 Å². The van der Waals surface area contributed by atoms with Crippen LogP contribution in [0, 0.1) is 5.41 Å². The largest absolute Gasteiger partial charge is 2.00 e. The van der Waals surface area contributed by atoms with Crippen LogP contribution in [0.15, 0.2) is 0 Å². The van der Waals surface area contributed by atoms with Gasteiger partial charge in [0.1, 0.15) is 0 Å². The molecular weight excluding hydrogens is 240 g/mol. The van der Waals surface area contributed by atoms with E-state index in [1.165, 1.54) is 13.8 Å². The van der Waals surface area contributed by atoms with Crippen molar-refractivity contribution in [1.82, 2.24) is 0 Å². The van der Waals surface area contributed by atoms with Gasteiger partial charge in [0.15, 0.2) is 0 Å². The molecule has 0 bridgehead atoms. The number of carboxylic acid groups (broad SMARTS) is 2. The standard InChI is InChI=1S/C6H10O4.H2O.Sr.2H/c1-6(2,5(9)10)3-4(7)8;;;;/h3H2,1-2H3,(H,7,8)(H,9,10);1H2;;;/q;;+2;2*-1. The molecule has 0 spiro atoms. The topological polar surface area (TPSA) is 106 Å². The van der Waals surface area contributed by atoms with E-state index in [-0.39, 0.29) is 60.2 Å². The fourth-order valence-corrected chi connectivity index (χ4v) is 0.454. The summed E-state index contributed by atoms with van der Waals surface area (Å²) in [6.45, 7) is 2.76. The zero-order valence-electron chi connectivity index (χ0n) is 9.13. The van der Waals surface area contributed by atoms with Gasteiger partial charge in [-0.25, -0.2) is 0 Å². The summed E-state index contributed by atoms with van der Waals surface area (Å²) in [5.74, 6) is -2.18. The summed E-state index contributed by atoms with van der Waals surface area (Å²) in [5.41, 5.74) is -1.16. The summed E-state index contributed by atoms with van der Waals surface area (Å²) in [7, 11) is 0. The molecule has 0 aliphatic heterocycles. The molecule has 0 aromatic rings. The summed E-state index contributed by atoms with van der Waals surface area (Å²) >= 11 is 0. The van der Waals surface area contributed by atoms with Crippen molar-refractivity contribution in [1.29, 1.82) is 0 Å². The Kier molecular flexibility index (Phi) is 10.4. The van der Waals surface area contributed by atoms with Crippen molar-refractivity contribution in [2.24, 2.45) is 5.41 Å². The maximum Gasteiger partial charge on any atom is 2.00 e. The Labute approximate surface area is 110 Å². The van der Waals surface area contributed by atoms with Gasteiger partial charge in [0.25, 0.3) is 0 Å². The second-order valence-electron chi connectivity index (χ2n) is 2.76. The Morgan fingerprint density at radius 3 is 1.75 bits per heavy atom. The van der Waals surface area contributed by atoms with Crippen LogP contribution in [0.25, 0.3) is 0 Å². The number of carboxylic acids is 2. The molecule has 0 amide bonds. The van der Waals surface area contributed by atoms with Gasteiger partial charge in [-0.05, 0) is 13.8 Å². The first-order chi connectivity index (χ1) is 4.36. The van der Waals surface area contributed by atoms with E-state index in [0.717, 1.165) is 0 Å². The van der Waals surface area contributed by atoms with Gasteiger partial charge >= 0.3 is 57.4 Å². The second kappa shape index (κ2) is 6.85. The van der Waals surface area contributed by atoms with Crippen LogP contribution in [0.5, 0.6) is 0 Å². The predicted molar refractivity (Wildman–Crippen MR) is 45.3 cm³/mol. The van der Waals surface area contributed by atoms with Crippen molar-refractivity contribution in [2.75, 3.05) is 0 Å². The molecule has 12 heavy (non-hydrogen) atoms. The zero-order valence-corrected chi connectivity index (χ0v) is 10.6. The summed E-state index contributed by atoms with van der Waals surface area (Å²) in [6.07, 6.45) is -0.345. The van der Waals surface area contributed by atoms with Crippen molar-refractivity contribution in [3.05, 3.63) is 0 Å². The number of carbonyl (C=O) groups is 2. The summed E-state index contributed by atoms with van der Waals surface area (Å²) in [5, 5.41) is 16.7. The molecule has 0 heterocycles. The Balaban J connectivity index is -0.0000000675. The van der Waals surface area contributed by atoms with Crippen molar-refractivity contribution in [2.45, 2.75) is 20.3 Å². The predicted octanol–water partition coefficient (Wildman–Crippen LogP) is -0.409. The Bertz CT molecular complexity index is 174. The van der Waals surface area contributed by atoms with Crippen molar-refractivity contribution < 1.29 is 28.1 Å². The van der Waals surface area contributed by atoms with Gasteiger partial charge in [-0.15, -0.1) is 0 Å². The molecule has 0 aliphatic carbocycles. The van der Waals surface area contributed by atoms with Gasteiger partial charge in [0, 0.05) is 0 Å². The molecule has 0 fully saturated rings. The molecule has 5 nitrogen and oxygen atoms in total. The first-order valence-corrected chi connectivity index (χ1v) is 2.81. The molecule has 0 atom stereocenters.